The number of hydrogen-bond donors (Lipinski definition) is 1. The first-order valence-electron chi connectivity index (χ1n) is 6.55. The van der Waals surface area contributed by atoms with Crippen molar-refractivity contribution in [2.75, 3.05) is 5.32 Å². The maximum Gasteiger partial charge on any atom is 0.276 e. The van der Waals surface area contributed by atoms with E-state index < -0.39 is 0 Å². The van der Waals surface area contributed by atoms with E-state index in [4.69, 9.17) is 4.74 Å². The smallest absolute Gasteiger partial charge is 0.276 e. The molecular weight excluding hydrogens is 318 g/mol. The molecule has 0 spiro atoms. The number of amides is 1. The number of anilines is 1. The zero-order valence-electron chi connectivity index (χ0n) is 11.8. The molecule has 112 valence electrons. The van der Waals surface area contributed by atoms with E-state index in [1.54, 1.807) is 17.0 Å². The van der Waals surface area contributed by atoms with Crippen molar-refractivity contribution in [3.8, 4) is 5.75 Å². The lowest BCUT2D eigenvalue weighted by Gasteiger charge is -2.03. The van der Waals surface area contributed by atoms with Gasteiger partial charge in [0, 0.05) is 17.0 Å². The van der Waals surface area contributed by atoms with Crippen molar-refractivity contribution in [2.45, 2.75) is 13.5 Å². The molecule has 7 heteroatoms. The van der Waals surface area contributed by atoms with Crippen LogP contribution in [0.15, 0.2) is 41.2 Å². The molecule has 2 aromatic heterocycles. The van der Waals surface area contributed by atoms with Gasteiger partial charge in [0.05, 0.1) is 0 Å². The maximum absolute atomic E-state index is 12.0. The molecule has 1 N–H and O–H groups in total. The van der Waals surface area contributed by atoms with Crippen LogP contribution >= 0.6 is 22.7 Å². The van der Waals surface area contributed by atoms with Crippen LogP contribution < -0.4 is 10.1 Å². The van der Waals surface area contributed by atoms with Gasteiger partial charge >= 0.3 is 0 Å². The maximum atomic E-state index is 12.0. The van der Waals surface area contributed by atoms with E-state index in [-0.39, 0.29) is 5.91 Å². The highest BCUT2D eigenvalue weighted by Crippen LogP contribution is 2.17. The number of ether oxygens (including phenoxy) is 1. The molecule has 1 aromatic carbocycles. The van der Waals surface area contributed by atoms with E-state index >= 15 is 0 Å². The van der Waals surface area contributed by atoms with Crippen LogP contribution in [0, 0.1) is 6.92 Å². The summed E-state index contributed by atoms with van der Waals surface area (Å²) in [4.78, 5) is 20.3. The van der Waals surface area contributed by atoms with Crippen molar-refractivity contribution < 1.29 is 9.53 Å². The fourth-order valence-corrected chi connectivity index (χ4v) is 2.92. The topological polar surface area (TPSA) is 64.1 Å². The minimum atomic E-state index is -0.257. The number of carbonyl (C=O) groups is 1. The summed E-state index contributed by atoms with van der Waals surface area (Å²) in [6, 6.07) is 7.81. The molecule has 22 heavy (non-hydrogen) atoms. The average Bonchev–Trinajstić information content (AvgIpc) is 3.18. The minimum absolute atomic E-state index is 0.257. The SMILES string of the molecule is Cc1ccc(OCc2nc(C(=O)Nc3nccs3)cs2)cc1. The zero-order chi connectivity index (χ0) is 15.4. The highest BCUT2D eigenvalue weighted by molar-refractivity contribution is 7.13. The summed E-state index contributed by atoms with van der Waals surface area (Å²) >= 11 is 2.77. The van der Waals surface area contributed by atoms with Crippen LogP contribution in [0.3, 0.4) is 0 Å². The molecule has 2 heterocycles. The first kappa shape index (κ1) is 14.7. The third-order valence-corrected chi connectivity index (χ3v) is 4.33. The standard InChI is InChI=1S/C15H13N3O2S2/c1-10-2-4-11(5-3-10)20-8-13-17-12(9-22-13)14(19)18-15-16-6-7-21-15/h2-7,9H,8H2,1H3,(H,16,18,19). The van der Waals surface area contributed by atoms with Gasteiger partial charge < -0.3 is 4.74 Å². The van der Waals surface area contributed by atoms with Crippen LogP contribution in [0.5, 0.6) is 5.75 Å². The first-order valence-corrected chi connectivity index (χ1v) is 8.31. The number of hydrogen-bond acceptors (Lipinski definition) is 6. The van der Waals surface area contributed by atoms with E-state index in [0.29, 0.717) is 17.4 Å². The van der Waals surface area contributed by atoms with Crippen LogP contribution in [0.4, 0.5) is 5.13 Å². The monoisotopic (exact) mass is 331 g/mol. The molecule has 0 saturated heterocycles. The number of nitrogens with zero attached hydrogens (tertiary/aromatic N) is 2. The molecule has 0 aliphatic carbocycles. The largest absolute Gasteiger partial charge is 0.486 e. The average molecular weight is 331 g/mol. The van der Waals surface area contributed by atoms with Gasteiger partial charge in [-0.3, -0.25) is 10.1 Å². The predicted octanol–water partition coefficient (Wildman–Crippen LogP) is 3.74. The van der Waals surface area contributed by atoms with Crippen LogP contribution in [-0.2, 0) is 6.61 Å². The van der Waals surface area contributed by atoms with Crippen molar-refractivity contribution in [1.82, 2.24) is 9.97 Å². The van der Waals surface area contributed by atoms with Gasteiger partial charge in [0.15, 0.2) is 5.13 Å². The number of thiazole rings is 2. The lowest BCUT2D eigenvalue weighted by atomic mass is 10.2. The third-order valence-electron chi connectivity index (χ3n) is 2.82. The van der Waals surface area contributed by atoms with E-state index in [0.717, 1.165) is 10.8 Å². The Kier molecular flexibility index (Phi) is 4.45. The Labute approximate surface area is 135 Å². The van der Waals surface area contributed by atoms with Crippen LogP contribution in [-0.4, -0.2) is 15.9 Å². The summed E-state index contributed by atoms with van der Waals surface area (Å²) in [5.41, 5.74) is 1.56. The molecule has 1 amide bonds. The zero-order valence-corrected chi connectivity index (χ0v) is 13.4. The van der Waals surface area contributed by atoms with Gasteiger partial charge in [0.2, 0.25) is 0 Å². The number of benzene rings is 1. The first-order chi connectivity index (χ1) is 10.7. The van der Waals surface area contributed by atoms with Crippen molar-refractivity contribution in [2.24, 2.45) is 0 Å². The molecule has 0 atom stereocenters. The highest BCUT2D eigenvalue weighted by atomic mass is 32.1. The highest BCUT2D eigenvalue weighted by Gasteiger charge is 2.12. The second-order valence-electron chi connectivity index (χ2n) is 4.52. The number of aryl methyl sites for hydroxylation is 1. The molecule has 0 fully saturated rings. The van der Waals surface area contributed by atoms with Crippen LogP contribution in [0.1, 0.15) is 21.1 Å². The van der Waals surface area contributed by atoms with Crippen molar-refractivity contribution >= 4 is 33.7 Å². The Balaban J connectivity index is 1.58. The summed E-state index contributed by atoms with van der Waals surface area (Å²) in [5, 5.41) is 7.55. The van der Waals surface area contributed by atoms with Gasteiger partial charge in [-0.15, -0.1) is 22.7 Å². The quantitative estimate of drug-likeness (QED) is 0.773. The van der Waals surface area contributed by atoms with Crippen LogP contribution in [0.25, 0.3) is 0 Å². The summed E-state index contributed by atoms with van der Waals surface area (Å²) in [7, 11) is 0. The Morgan fingerprint density at radius 1 is 1.27 bits per heavy atom. The fourth-order valence-electron chi connectivity index (χ4n) is 1.71. The van der Waals surface area contributed by atoms with Crippen molar-refractivity contribution in [1.29, 1.82) is 0 Å². The Bertz CT molecular complexity index is 751. The molecule has 0 unspecified atom stereocenters. The molecule has 0 aliphatic rings. The van der Waals surface area contributed by atoms with Gasteiger partial charge in [-0.2, -0.15) is 0 Å². The van der Waals surface area contributed by atoms with Gasteiger partial charge in [-0.1, -0.05) is 17.7 Å². The molecule has 0 bridgehead atoms. The van der Waals surface area contributed by atoms with Crippen molar-refractivity contribution in [3.63, 3.8) is 0 Å². The molecule has 0 radical (unpaired) electrons. The summed E-state index contributed by atoms with van der Waals surface area (Å²) < 4.78 is 5.65. The lowest BCUT2D eigenvalue weighted by molar-refractivity contribution is 0.102. The van der Waals surface area contributed by atoms with E-state index in [9.17, 15) is 4.79 Å². The van der Waals surface area contributed by atoms with E-state index in [1.807, 2.05) is 31.2 Å². The molecular formula is C15H13N3O2S2. The van der Waals surface area contributed by atoms with Gasteiger partial charge in [-0.05, 0) is 19.1 Å². The fraction of sp³-hybridized carbons (Fsp3) is 0.133. The van der Waals surface area contributed by atoms with Crippen molar-refractivity contribution in [3.05, 3.63) is 57.5 Å². The van der Waals surface area contributed by atoms with E-state index in [1.165, 1.54) is 28.2 Å². The number of nitrogens with one attached hydrogen (secondary N) is 1. The number of carbonyl (C=O) groups excluding carboxylic acids is 1. The van der Waals surface area contributed by atoms with Gasteiger partial charge in [-0.25, -0.2) is 9.97 Å². The lowest BCUT2D eigenvalue weighted by Crippen LogP contribution is -2.12. The molecule has 5 nitrogen and oxygen atoms in total. The molecule has 0 saturated carbocycles. The molecule has 3 rings (SSSR count). The summed E-state index contributed by atoms with van der Waals surface area (Å²) in [6.45, 7) is 2.37. The normalized spacial score (nSPS) is 10.4. The Morgan fingerprint density at radius 2 is 2.09 bits per heavy atom. The van der Waals surface area contributed by atoms with Gasteiger partial charge in [0.1, 0.15) is 23.1 Å². The molecule has 0 aliphatic heterocycles. The third kappa shape index (κ3) is 3.69. The molecule has 3 aromatic rings. The summed E-state index contributed by atoms with van der Waals surface area (Å²) in [5.74, 6) is 0.530. The second-order valence-corrected chi connectivity index (χ2v) is 6.36. The predicted molar refractivity (Wildman–Crippen MR) is 87.7 cm³/mol. The number of rotatable bonds is 5. The summed E-state index contributed by atoms with van der Waals surface area (Å²) in [6.07, 6.45) is 1.64. The Hall–Kier alpha value is -2.25. The van der Waals surface area contributed by atoms with E-state index in [2.05, 4.69) is 15.3 Å². The minimum Gasteiger partial charge on any atom is -0.486 e. The second kappa shape index (κ2) is 6.67. The number of aromatic nitrogens is 2. The Morgan fingerprint density at radius 3 is 2.82 bits per heavy atom. The van der Waals surface area contributed by atoms with Gasteiger partial charge in [0.25, 0.3) is 5.91 Å². The van der Waals surface area contributed by atoms with Crippen LogP contribution in [0.2, 0.25) is 0 Å².